The number of aromatic nitrogens is 3. The minimum Gasteiger partial charge on any atom is -0.481 e. The Bertz CT molecular complexity index is 715. The number of carboxylic acid groups (broad SMARTS) is 1. The Hall–Kier alpha value is -2.02. The highest BCUT2D eigenvalue weighted by atomic mass is 35.5. The first-order valence-electron chi connectivity index (χ1n) is 8.07. The highest BCUT2D eigenvalue weighted by molar-refractivity contribution is 6.30. The minimum absolute atomic E-state index is 0.0905. The number of carbonyl (C=O) groups is 1. The van der Waals surface area contributed by atoms with E-state index in [4.69, 9.17) is 21.4 Å². The molecule has 0 aliphatic carbocycles. The molecule has 132 valence electrons. The summed E-state index contributed by atoms with van der Waals surface area (Å²) in [6, 6.07) is 1.73. The Morgan fingerprint density at radius 2 is 2.25 bits per heavy atom. The van der Waals surface area contributed by atoms with E-state index in [2.05, 4.69) is 29.2 Å². The maximum absolute atomic E-state index is 10.7. The second-order valence-corrected chi connectivity index (χ2v) is 6.31. The van der Waals surface area contributed by atoms with E-state index in [-0.39, 0.29) is 6.42 Å². The van der Waals surface area contributed by atoms with Gasteiger partial charge in [-0.3, -0.25) is 9.48 Å². The average molecular weight is 355 g/mol. The Kier molecular flexibility index (Phi) is 6.25. The van der Waals surface area contributed by atoms with Crippen molar-refractivity contribution in [2.45, 2.75) is 40.2 Å². The molecule has 24 heavy (non-hydrogen) atoms. The van der Waals surface area contributed by atoms with Crippen LogP contribution < -0.4 is 10.1 Å². The number of aliphatic carboxylic acids is 1. The van der Waals surface area contributed by atoms with Crippen LogP contribution >= 0.6 is 11.6 Å². The van der Waals surface area contributed by atoms with Gasteiger partial charge in [-0.05, 0) is 19.3 Å². The normalized spacial score (nSPS) is 11.2. The van der Waals surface area contributed by atoms with Crippen LogP contribution in [0.3, 0.4) is 0 Å². The summed E-state index contributed by atoms with van der Waals surface area (Å²) in [5.74, 6) is 0.754. The zero-order valence-corrected chi connectivity index (χ0v) is 14.9. The van der Waals surface area contributed by atoms with Crippen LogP contribution in [-0.2, 0) is 11.3 Å². The van der Waals surface area contributed by atoms with Crippen LogP contribution in [0.4, 0.5) is 5.82 Å². The second-order valence-electron chi connectivity index (χ2n) is 5.92. The smallest absolute Gasteiger partial charge is 0.303 e. The zero-order chi connectivity index (χ0) is 17.7. The summed E-state index contributed by atoms with van der Waals surface area (Å²) in [5.41, 5.74) is 0.787. The monoisotopic (exact) mass is 354 g/mol. The summed E-state index contributed by atoms with van der Waals surface area (Å²) < 4.78 is 7.38. The van der Waals surface area contributed by atoms with E-state index in [9.17, 15) is 4.79 Å². The second kappa shape index (κ2) is 8.19. The average Bonchev–Trinajstić information content (AvgIpc) is 2.83. The number of hydrogen-bond acceptors (Lipinski definition) is 5. The van der Waals surface area contributed by atoms with Crippen LogP contribution in [0.5, 0.6) is 5.88 Å². The maximum atomic E-state index is 10.7. The third kappa shape index (κ3) is 4.50. The third-order valence-corrected chi connectivity index (χ3v) is 3.58. The number of halogens is 1. The van der Waals surface area contributed by atoms with Crippen molar-refractivity contribution in [3.05, 3.63) is 11.2 Å². The van der Waals surface area contributed by atoms with Gasteiger partial charge < -0.3 is 15.2 Å². The first-order valence-corrected chi connectivity index (χ1v) is 8.45. The fraction of sp³-hybridized carbons (Fsp3) is 0.562. The maximum Gasteiger partial charge on any atom is 0.303 e. The van der Waals surface area contributed by atoms with Gasteiger partial charge in [-0.1, -0.05) is 25.4 Å². The van der Waals surface area contributed by atoms with Crippen LogP contribution in [0, 0.1) is 5.92 Å². The van der Waals surface area contributed by atoms with Crippen molar-refractivity contribution >= 4 is 34.3 Å². The van der Waals surface area contributed by atoms with Crippen molar-refractivity contribution in [1.29, 1.82) is 0 Å². The van der Waals surface area contributed by atoms with Gasteiger partial charge in [-0.15, -0.1) is 0 Å². The van der Waals surface area contributed by atoms with Crippen molar-refractivity contribution < 1.29 is 14.6 Å². The molecule has 2 N–H and O–H groups in total. The molecule has 2 rings (SSSR count). The fourth-order valence-electron chi connectivity index (χ4n) is 2.35. The third-order valence-electron chi connectivity index (χ3n) is 3.39. The van der Waals surface area contributed by atoms with Gasteiger partial charge in [0, 0.05) is 25.6 Å². The molecule has 0 radical (unpaired) electrons. The van der Waals surface area contributed by atoms with E-state index in [0.717, 1.165) is 17.4 Å². The van der Waals surface area contributed by atoms with Crippen LogP contribution in [0.15, 0.2) is 6.07 Å². The molecule has 0 bridgehead atoms. The summed E-state index contributed by atoms with van der Waals surface area (Å²) in [6.45, 7) is 7.81. The topological polar surface area (TPSA) is 89.3 Å². The summed E-state index contributed by atoms with van der Waals surface area (Å²) in [5, 5.41) is 17.8. The van der Waals surface area contributed by atoms with Gasteiger partial charge in [0.1, 0.15) is 10.5 Å². The SMILES string of the molecule is CCOc1nc(Cl)cc2c1c(NCC(C)C)nn2CCCC(=O)O. The van der Waals surface area contributed by atoms with Crippen LogP contribution in [0.25, 0.3) is 10.9 Å². The van der Waals surface area contributed by atoms with E-state index < -0.39 is 5.97 Å². The number of hydrogen-bond donors (Lipinski definition) is 2. The predicted molar refractivity (Wildman–Crippen MR) is 93.9 cm³/mol. The molecule has 0 spiro atoms. The molecule has 2 aromatic rings. The van der Waals surface area contributed by atoms with Gasteiger partial charge in [0.05, 0.1) is 12.1 Å². The van der Waals surface area contributed by atoms with Gasteiger partial charge in [-0.25, -0.2) is 4.98 Å². The van der Waals surface area contributed by atoms with Crippen LogP contribution in [0.2, 0.25) is 5.15 Å². The van der Waals surface area contributed by atoms with Gasteiger partial charge >= 0.3 is 5.97 Å². The number of aryl methyl sites for hydroxylation is 1. The van der Waals surface area contributed by atoms with Crippen molar-refractivity contribution in [3.8, 4) is 5.88 Å². The van der Waals surface area contributed by atoms with Gasteiger partial charge in [0.15, 0.2) is 5.82 Å². The summed E-state index contributed by atoms with van der Waals surface area (Å²) in [7, 11) is 0. The molecule has 2 aromatic heterocycles. The lowest BCUT2D eigenvalue weighted by Crippen LogP contribution is -2.09. The van der Waals surface area contributed by atoms with Crippen LogP contribution in [0.1, 0.15) is 33.6 Å². The van der Waals surface area contributed by atoms with Crippen molar-refractivity contribution in [2.24, 2.45) is 5.92 Å². The molecular weight excluding hydrogens is 332 g/mol. The molecule has 0 unspecified atom stereocenters. The molecule has 0 aliphatic heterocycles. The molecule has 2 heterocycles. The Labute approximate surface area is 146 Å². The van der Waals surface area contributed by atoms with E-state index >= 15 is 0 Å². The number of carboxylic acids is 1. The first kappa shape index (κ1) is 18.3. The molecule has 7 nitrogen and oxygen atoms in total. The van der Waals surface area contributed by atoms with Crippen molar-refractivity contribution in [3.63, 3.8) is 0 Å². The fourth-order valence-corrected chi connectivity index (χ4v) is 2.53. The Balaban J connectivity index is 2.43. The van der Waals surface area contributed by atoms with E-state index in [1.807, 2.05) is 6.92 Å². The van der Waals surface area contributed by atoms with E-state index in [1.165, 1.54) is 0 Å². The molecule has 8 heteroatoms. The highest BCUT2D eigenvalue weighted by Crippen LogP contribution is 2.33. The van der Waals surface area contributed by atoms with Gasteiger partial charge in [-0.2, -0.15) is 5.10 Å². The minimum atomic E-state index is -0.820. The number of rotatable bonds is 9. The van der Waals surface area contributed by atoms with Crippen molar-refractivity contribution in [1.82, 2.24) is 14.8 Å². The molecule has 0 atom stereocenters. The van der Waals surface area contributed by atoms with Gasteiger partial charge in [0.25, 0.3) is 0 Å². The number of nitrogens with one attached hydrogen (secondary N) is 1. The molecule has 0 fully saturated rings. The summed E-state index contributed by atoms with van der Waals surface area (Å²) >= 11 is 6.11. The highest BCUT2D eigenvalue weighted by Gasteiger charge is 2.18. The van der Waals surface area contributed by atoms with E-state index in [1.54, 1.807) is 10.7 Å². The lowest BCUT2D eigenvalue weighted by Gasteiger charge is -2.08. The Morgan fingerprint density at radius 1 is 1.50 bits per heavy atom. The number of nitrogens with zero attached hydrogens (tertiary/aromatic N) is 3. The quantitative estimate of drug-likeness (QED) is 0.671. The molecule has 0 saturated carbocycles. The lowest BCUT2D eigenvalue weighted by molar-refractivity contribution is -0.137. The molecule has 0 aliphatic rings. The molecule has 0 amide bonds. The zero-order valence-electron chi connectivity index (χ0n) is 14.2. The Morgan fingerprint density at radius 3 is 2.88 bits per heavy atom. The van der Waals surface area contributed by atoms with Crippen molar-refractivity contribution in [2.75, 3.05) is 18.5 Å². The summed E-state index contributed by atoms with van der Waals surface area (Å²) in [6.07, 6.45) is 0.576. The number of pyridine rings is 1. The number of anilines is 1. The largest absolute Gasteiger partial charge is 0.481 e. The lowest BCUT2D eigenvalue weighted by atomic mass is 10.2. The first-order chi connectivity index (χ1) is 11.4. The molecular formula is C16H23ClN4O3. The number of ether oxygens (including phenoxy) is 1. The van der Waals surface area contributed by atoms with Gasteiger partial charge in [0.2, 0.25) is 5.88 Å². The number of fused-ring (bicyclic) bond motifs is 1. The molecule has 0 saturated heterocycles. The summed E-state index contributed by atoms with van der Waals surface area (Å²) in [4.78, 5) is 15.0. The standard InChI is InChI=1S/C16H23ClN4O3/c1-4-24-16-14-11(8-12(17)19-16)21(7-5-6-13(22)23)20-15(14)18-9-10(2)3/h8,10H,4-7,9H2,1-3H3,(H,18,20)(H,22,23). The predicted octanol–water partition coefficient (Wildman–Crippen LogP) is 3.42. The van der Waals surface area contributed by atoms with E-state index in [0.29, 0.717) is 42.3 Å². The molecule has 0 aromatic carbocycles. The van der Waals surface area contributed by atoms with Crippen LogP contribution in [-0.4, -0.2) is 39.0 Å².